The lowest BCUT2D eigenvalue weighted by Crippen LogP contribution is -2.55. The van der Waals surface area contributed by atoms with E-state index in [1.54, 1.807) is 0 Å². The third kappa shape index (κ3) is 3.90. The minimum Gasteiger partial charge on any atom is -0.311 e. The van der Waals surface area contributed by atoms with Crippen molar-refractivity contribution < 1.29 is 0 Å². The molecule has 1 aromatic heterocycles. The van der Waals surface area contributed by atoms with Crippen LogP contribution in [0.2, 0.25) is 0 Å². The number of nitrogens with one attached hydrogen (secondary N) is 1. The molecule has 110 valence electrons. The second-order valence-corrected chi connectivity index (χ2v) is 5.94. The van der Waals surface area contributed by atoms with E-state index in [1.165, 1.54) is 11.1 Å². The summed E-state index contributed by atoms with van der Waals surface area (Å²) in [6, 6.07) is 16.1. The first kappa shape index (κ1) is 14.2. The van der Waals surface area contributed by atoms with E-state index in [0.717, 1.165) is 26.1 Å². The number of benzene rings is 1. The van der Waals surface area contributed by atoms with Crippen molar-refractivity contribution in [3.63, 3.8) is 0 Å². The summed E-state index contributed by atoms with van der Waals surface area (Å²) in [5.41, 5.74) is 2.71. The van der Waals surface area contributed by atoms with Gasteiger partial charge in [0, 0.05) is 44.1 Å². The summed E-state index contributed by atoms with van der Waals surface area (Å²) in [6.07, 6.45) is 4.92. The maximum absolute atomic E-state index is 4.24. The molecule has 0 amide bonds. The van der Waals surface area contributed by atoms with Gasteiger partial charge in [0.15, 0.2) is 0 Å². The highest BCUT2D eigenvalue weighted by Crippen LogP contribution is 2.16. The molecule has 1 aliphatic rings. The molecule has 2 atom stereocenters. The number of rotatable bonds is 4. The number of hydrogen-bond donors (Lipinski definition) is 1. The van der Waals surface area contributed by atoms with Gasteiger partial charge in [-0.05, 0) is 30.5 Å². The van der Waals surface area contributed by atoms with Gasteiger partial charge in [-0.15, -0.1) is 0 Å². The average molecular weight is 281 g/mol. The quantitative estimate of drug-likeness (QED) is 0.933. The average Bonchev–Trinajstić information content (AvgIpc) is 2.52. The first-order valence-corrected chi connectivity index (χ1v) is 7.71. The third-order valence-corrected chi connectivity index (χ3v) is 4.15. The molecule has 0 bridgehead atoms. The Bertz CT molecular complexity index is 541. The molecule has 0 aliphatic carbocycles. The van der Waals surface area contributed by atoms with Crippen molar-refractivity contribution in [1.29, 1.82) is 0 Å². The number of aromatic nitrogens is 1. The van der Waals surface area contributed by atoms with Crippen molar-refractivity contribution in [2.24, 2.45) is 0 Å². The highest BCUT2D eigenvalue weighted by molar-refractivity contribution is 5.17. The van der Waals surface area contributed by atoms with Gasteiger partial charge in [0.25, 0.3) is 0 Å². The zero-order valence-corrected chi connectivity index (χ0v) is 12.6. The number of pyridine rings is 1. The molecule has 3 heteroatoms. The molecule has 2 unspecified atom stereocenters. The van der Waals surface area contributed by atoms with Gasteiger partial charge in [0.1, 0.15) is 0 Å². The van der Waals surface area contributed by atoms with E-state index in [1.807, 2.05) is 18.5 Å². The van der Waals surface area contributed by atoms with Crippen LogP contribution >= 0.6 is 0 Å². The topological polar surface area (TPSA) is 28.2 Å². The van der Waals surface area contributed by atoms with Crippen molar-refractivity contribution >= 4 is 0 Å². The lowest BCUT2D eigenvalue weighted by atomic mass is 10.0. The molecule has 0 saturated carbocycles. The van der Waals surface area contributed by atoms with E-state index in [0.29, 0.717) is 12.1 Å². The Labute approximate surface area is 127 Å². The van der Waals surface area contributed by atoms with Crippen molar-refractivity contribution in [3.05, 3.63) is 66.0 Å². The molecule has 0 radical (unpaired) electrons. The van der Waals surface area contributed by atoms with Crippen LogP contribution in [0.3, 0.4) is 0 Å². The molecule has 2 heterocycles. The zero-order chi connectivity index (χ0) is 14.5. The largest absolute Gasteiger partial charge is 0.311 e. The third-order valence-electron chi connectivity index (χ3n) is 4.15. The zero-order valence-electron chi connectivity index (χ0n) is 12.6. The lowest BCUT2D eigenvalue weighted by molar-refractivity contribution is 0.127. The summed E-state index contributed by atoms with van der Waals surface area (Å²) in [6.45, 7) is 5.38. The molecule has 2 aromatic rings. The Kier molecular flexibility index (Phi) is 4.63. The van der Waals surface area contributed by atoms with E-state index in [-0.39, 0.29) is 0 Å². The monoisotopic (exact) mass is 281 g/mol. The standard InChI is InChI=1S/C18H23N3/c1-15-13-21(14-17-8-5-9-19-11-17)18(12-20-15)10-16-6-3-2-4-7-16/h2-9,11,15,18,20H,10,12-14H2,1H3. The van der Waals surface area contributed by atoms with Gasteiger partial charge in [0.2, 0.25) is 0 Å². The number of hydrogen-bond acceptors (Lipinski definition) is 3. The predicted octanol–water partition coefficient (Wildman–Crippen LogP) is 2.49. The SMILES string of the molecule is CC1CN(Cc2cccnc2)C(Cc2ccccc2)CN1. The van der Waals surface area contributed by atoms with Crippen molar-refractivity contribution in [2.45, 2.75) is 32.0 Å². The van der Waals surface area contributed by atoms with Gasteiger partial charge in [-0.3, -0.25) is 9.88 Å². The van der Waals surface area contributed by atoms with Gasteiger partial charge < -0.3 is 5.32 Å². The molecule has 1 saturated heterocycles. The van der Waals surface area contributed by atoms with Crippen LogP contribution in [-0.4, -0.2) is 35.1 Å². The van der Waals surface area contributed by atoms with Crippen molar-refractivity contribution in [2.75, 3.05) is 13.1 Å². The second-order valence-electron chi connectivity index (χ2n) is 5.94. The Balaban J connectivity index is 1.71. The van der Waals surface area contributed by atoms with Crippen LogP contribution in [0, 0.1) is 0 Å². The molecule has 1 N–H and O–H groups in total. The molecule has 1 fully saturated rings. The van der Waals surface area contributed by atoms with E-state index < -0.39 is 0 Å². The first-order valence-electron chi connectivity index (χ1n) is 7.71. The summed E-state index contributed by atoms with van der Waals surface area (Å²) in [4.78, 5) is 6.82. The molecular weight excluding hydrogens is 258 g/mol. The van der Waals surface area contributed by atoms with Gasteiger partial charge in [-0.2, -0.15) is 0 Å². The van der Waals surface area contributed by atoms with Crippen LogP contribution in [0.25, 0.3) is 0 Å². The highest BCUT2D eigenvalue weighted by atomic mass is 15.2. The molecule has 3 rings (SSSR count). The Morgan fingerprint density at radius 3 is 2.71 bits per heavy atom. The molecule has 3 nitrogen and oxygen atoms in total. The van der Waals surface area contributed by atoms with E-state index >= 15 is 0 Å². The van der Waals surface area contributed by atoms with E-state index in [9.17, 15) is 0 Å². The summed E-state index contributed by atoms with van der Waals surface area (Å²) >= 11 is 0. The summed E-state index contributed by atoms with van der Waals surface area (Å²) < 4.78 is 0. The fourth-order valence-corrected chi connectivity index (χ4v) is 3.04. The minimum absolute atomic E-state index is 0.545. The van der Waals surface area contributed by atoms with Crippen LogP contribution in [-0.2, 0) is 13.0 Å². The first-order chi connectivity index (χ1) is 10.3. The Morgan fingerprint density at radius 1 is 1.14 bits per heavy atom. The minimum atomic E-state index is 0.545. The Morgan fingerprint density at radius 2 is 1.95 bits per heavy atom. The molecule has 0 spiro atoms. The number of nitrogens with zero attached hydrogens (tertiary/aromatic N) is 2. The van der Waals surface area contributed by atoms with E-state index in [2.05, 4.69) is 58.5 Å². The van der Waals surface area contributed by atoms with Crippen LogP contribution < -0.4 is 5.32 Å². The van der Waals surface area contributed by atoms with Crippen LogP contribution in [0.1, 0.15) is 18.1 Å². The van der Waals surface area contributed by atoms with Gasteiger partial charge >= 0.3 is 0 Å². The lowest BCUT2D eigenvalue weighted by Gasteiger charge is -2.39. The summed E-state index contributed by atoms with van der Waals surface area (Å²) in [5, 5.41) is 3.61. The fourth-order valence-electron chi connectivity index (χ4n) is 3.04. The molecule has 1 aliphatic heterocycles. The molecule has 1 aromatic carbocycles. The normalized spacial score (nSPS) is 23.1. The van der Waals surface area contributed by atoms with Gasteiger partial charge in [-0.25, -0.2) is 0 Å². The number of piperazine rings is 1. The summed E-state index contributed by atoms with van der Waals surface area (Å²) in [7, 11) is 0. The van der Waals surface area contributed by atoms with E-state index in [4.69, 9.17) is 0 Å². The van der Waals surface area contributed by atoms with Crippen LogP contribution in [0.15, 0.2) is 54.9 Å². The van der Waals surface area contributed by atoms with Crippen molar-refractivity contribution in [3.8, 4) is 0 Å². The van der Waals surface area contributed by atoms with Gasteiger partial charge in [-0.1, -0.05) is 36.4 Å². The smallest absolute Gasteiger partial charge is 0.0312 e. The van der Waals surface area contributed by atoms with Crippen molar-refractivity contribution in [1.82, 2.24) is 15.2 Å². The Hall–Kier alpha value is -1.71. The maximum Gasteiger partial charge on any atom is 0.0312 e. The van der Waals surface area contributed by atoms with Crippen LogP contribution in [0.5, 0.6) is 0 Å². The second kappa shape index (κ2) is 6.83. The van der Waals surface area contributed by atoms with Crippen LogP contribution in [0.4, 0.5) is 0 Å². The molecular formula is C18H23N3. The fraction of sp³-hybridized carbons (Fsp3) is 0.389. The molecule has 21 heavy (non-hydrogen) atoms. The predicted molar refractivity (Wildman–Crippen MR) is 86.0 cm³/mol. The van der Waals surface area contributed by atoms with Gasteiger partial charge in [0.05, 0.1) is 0 Å². The maximum atomic E-state index is 4.24. The highest BCUT2D eigenvalue weighted by Gasteiger charge is 2.25. The summed E-state index contributed by atoms with van der Waals surface area (Å²) in [5.74, 6) is 0.